The summed E-state index contributed by atoms with van der Waals surface area (Å²) in [5, 5.41) is 13.8. The fraction of sp³-hybridized carbons (Fsp3) is 0.200. The highest BCUT2D eigenvalue weighted by atomic mass is 35.5. The predicted molar refractivity (Wildman–Crippen MR) is 116 cm³/mol. The second kappa shape index (κ2) is 10.0. The molecule has 0 saturated carbocycles. The Balaban J connectivity index is 1.56. The Bertz CT molecular complexity index is 1140. The second-order valence-corrected chi connectivity index (χ2v) is 7.93. The van der Waals surface area contributed by atoms with Crippen molar-refractivity contribution in [2.24, 2.45) is 7.05 Å². The molecule has 2 aromatic carbocycles. The van der Waals surface area contributed by atoms with Gasteiger partial charge >= 0.3 is 6.18 Å². The molecule has 0 saturated heterocycles. The Kier molecular flexibility index (Phi) is 7.41. The van der Waals surface area contributed by atoms with Crippen LogP contribution in [0.5, 0.6) is 0 Å². The number of thioether (sulfide) groups is 1. The molecule has 0 bridgehead atoms. The third-order valence-corrected chi connectivity index (χ3v) is 5.55. The molecule has 0 aliphatic heterocycles. The molecule has 12 heteroatoms. The van der Waals surface area contributed by atoms with E-state index < -0.39 is 17.6 Å². The maximum Gasteiger partial charge on any atom is 0.416 e. The third-order valence-electron chi connectivity index (χ3n) is 4.20. The highest BCUT2D eigenvalue weighted by Gasteiger charge is 2.30. The Labute approximate surface area is 190 Å². The lowest BCUT2D eigenvalue weighted by Gasteiger charge is -2.10. The summed E-state index contributed by atoms with van der Waals surface area (Å²) in [5.74, 6) is -0.514. The Morgan fingerprint density at radius 2 is 1.81 bits per heavy atom. The lowest BCUT2D eigenvalue weighted by Crippen LogP contribution is -2.18. The number of halogens is 4. The van der Waals surface area contributed by atoms with Crippen molar-refractivity contribution >= 4 is 46.6 Å². The van der Waals surface area contributed by atoms with Crippen LogP contribution >= 0.6 is 23.4 Å². The fourth-order valence-electron chi connectivity index (χ4n) is 2.63. The van der Waals surface area contributed by atoms with Crippen molar-refractivity contribution in [1.29, 1.82) is 0 Å². The first kappa shape index (κ1) is 23.6. The van der Waals surface area contributed by atoms with E-state index >= 15 is 0 Å². The summed E-state index contributed by atoms with van der Waals surface area (Å²) >= 11 is 7.12. The molecule has 1 aromatic heterocycles. The number of nitrogens with one attached hydrogen (secondary N) is 2. The van der Waals surface area contributed by atoms with E-state index in [4.69, 9.17) is 11.6 Å². The minimum Gasteiger partial charge on any atom is -0.326 e. The molecule has 0 atom stereocenters. The van der Waals surface area contributed by atoms with Gasteiger partial charge in [-0.2, -0.15) is 13.2 Å². The van der Waals surface area contributed by atoms with Crippen molar-refractivity contribution in [3.05, 3.63) is 64.9 Å². The summed E-state index contributed by atoms with van der Waals surface area (Å²) in [6.07, 6.45) is -4.71. The van der Waals surface area contributed by atoms with Gasteiger partial charge in [-0.15, -0.1) is 10.2 Å². The topological polar surface area (TPSA) is 88.9 Å². The maximum absolute atomic E-state index is 12.8. The van der Waals surface area contributed by atoms with Crippen molar-refractivity contribution < 1.29 is 22.8 Å². The molecule has 0 spiro atoms. The monoisotopic (exact) mass is 483 g/mol. The van der Waals surface area contributed by atoms with Crippen LogP contribution in [0.2, 0.25) is 5.02 Å². The number of rotatable bonds is 7. The molecule has 0 fully saturated rings. The van der Waals surface area contributed by atoms with Crippen LogP contribution in [0.25, 0.3) is 0 Å². The zero-order chi connectivity index (χ0) is 23.3. The Morgan fingerprint density at radius 1 is 1.06 bits per heavy atom. The van der Waals surface area contributed by atoms with Crippen LogP contribution in [0.1, 0.15) is 11.4 Å². The number of aromatic nitrogens is 3. The third kappa shape index (κ3) is 6.24. The Morgan fingerprint density at radius 3 is 2.53 bits per heavy atom. The van der Waals surface area contributed by atoms with Crippen molar-refractivity contribution in [3.8, 4) is 0 Å². The molecule has 0 aliphatic carbocycles. The molecule has 0 unspecified atom stereocenters. The SMILES string of the molecule is Cn1c(CC(=O)Nc2cccc(C(F)(F)F)c2)nnc1SCC(=O)Nc1ccccc1Cl. The molecule has 1 heterocycles. The molecule has 168 valence electrons. The van der Waals surface area contributed by atoms with Crippen molar-refractivity contribution in [2.45, 2.75) is 17.8 Å². The summed E-state index contributed by atoms with van der Waals surface area (Å²) in [6, 6.07) is 11.2. The number of alkyl halides is 3. The number of hydrogen-bond acceptors (Lipinski definition) is 5. The summed E-state index contributed by atoms with van der Waals surface area (Å²) in [4.78, 5) is 24.4. The molecule has 2 amide bonds. The first-order valence-corrected chi connectivity index (χ1v) is 10.5. The van der Waals surface area contributed by atoms with Gasteiger partial charge in [-0.1, -0.05) is 41.6 Å². The number of hydrogen-bond donors (Lipinski definition) is 2. The Hall–Kier alpha value is -3.05. The van der Waals surface area contributed by atoms with Crippen LogP contribution in [0.3, 0.4) is 0 Å². The number of para-hydroxylation sites is 1. The molecular weight excluding hydrogens is 467 g/mol. The van der Waals surface area contributed by atoms with Gasteiger partial charge in [0.25, 0.3) is 0 Å². The first-order chi connectivity index (χ1) is 15.1. The van der Waals surface area contributed by atoms with Crippen LogP contribution in [0, 0.1) is 0 Å². The first-order valence-electron chi connectivity index (χ1n) is 9.16. The minimum atomic E-state index is -4.51. The van der Waals surface area contributed by atoms with Crippen LogP contribution in [0.15, 0.2) is 53.7 Å². The molecular formula is C20H17ClF3N5O2S. The molecule has 7 nitrogen and oxygen atoms in total. The molecule has 0 radical (unpaired) electrons. The van der Waals surface area contributed by atoms with Gasteiger partial charge in [-0.3, -0.25) is 9.59 Å². The van der Waals surface area contributed by atoms with E-state index in [1.54, 1.807) is 35.9 Å². The molecule has 32 heavy (non-hydrogen) atoms. The van der Waals surface area contributed by atoms with Crippen LogP contribution < -0.4 is 10.6 Å². The van der Waals surface area contributed by atoms with Crippen molar-refractivity contribution in [1.82, 2.24) is 14.8 Å². The zero-order valence-corrected chi connectivity index (χ0v) is 18.2. The minimum absolute atomic E-state index is 0.0258. The van der Waals surface area contributed by atoms with E-state index in [2.05, 4.69) is 20.8 Å². The highest BCUT2D eigenvalue weighted by Crippen LogP contribution is 2.30. The number of amides is 2. The van der Waals surface area contributed by atoms with E-state index in [0.717, 1.165) is 23.9 Å². The zero-order valence-electron chi connectivity index (χ0n) is 16.6. The molecule has 3 aromatic rings. The van der Waals surface area contributed by atoms with E-state index in [9.17, 15) is 22.8 Å². The number of anilines is 2. The van der Waals surface area contributed by atoms with Crippen LogP contribution in [-0.4, -0.2) is 32.3 Å². The van der Waals surface area contributed by atoms with Gasteiger partial charge in [0.15, 0.2) is 5.16 Å². The van der Waals surface area contributed by atoms with Crippen LogP contribution in [-0.2, 0) is 29.2 Å². The number of carbonyl (C=O) groups excluding carboxylic acids is 2. The van der Waals surface area contributed by atoms with Gasteiger partial charge in [0, 0.05) is 12.7 Å². The number of nitrogens with zero attached hydrogens (tertiary/aromatic N) is 3. The largest absolute Gasteiger partial charge is 0.416 e. The lowest BCUT2D eigenvalue weighted by atomic mass is 10.2. The number of carbonyl (C=O) groups is 2. The average Bonchev–Trinajstić information content (AvgIpc) is 3.07. The van der Waals surface area contributed by atoms with Gasteiger partial charge in [0.05, 0.1) is 28.4 Å². The molecule has 3 rings (SSSR count). The standard InChI is InChI=1S/C20H17ClF3N5O2S/c1-29-16(10-17(30)25-13-6-4-5-12(9-13)20(22,23)24)27-28-19(29)32-11-18(31)26-15-8-3-2-7-14(15)21/h2-9H,10-11H2,1H3,(H,25,30)(H,26,31). The number of benzene rings is 2. The van der Waals surface area contributed by atoms with Gasteiger partial charge < -0.3 is 15.2 Å². The second-order valence-electron chi connectivity index (χ2n) is 6.58. The lowest BCUT2D eigenvalue weighted by molar-refractivity contribution is -0.137. The van der Waals surface area contributed by atoms with E-state index in [-0.39, 0.29) is 23.8 Å². The van der Waals surface area contributed by atoms with Gasteiger partial charge in [0.1, 0.15) is 5.82 Å². The maximum atomic E-state index is 12.8. The smallest absolute Gasteiger partial charge is 0.326 e. The summed E-state index contributed by atoms with van der Waals surface area (Å²) in [7, 11) is 1.63. The molecule has 0 aliphatic rings. The predicted octanol–water partition coefficient (Wildman–Crippen LogP) is 4.40. The van der Waals surface area contributed by atoms with Crippen LogP contribution in [0.4, 0.5) is 24.5 Å². The summed E-state index contributed by atoms with van der Waals surface area (Å²) < 4.78 is 40.0. The van der Waals surface area contributed by atoms with Gasteiger partial charge in [-0.25, -0.2) is 0 Å². The van der Waals surface area contributed by atoms with Gasteiger partial charge in [0.2, 0.25) is 11.8 Å². The highest BCUT2D eigenvalue weighted by molar-refractivity contribution is 7.99. The van der Waals surface area contributed by atoms with E-state index in [1.165, 1.54) is 12.1 Å². The summed E-state index contributed by atoms with van der Waals surface area (Å²) in [6.45, 7) is 0. The van der Waals surface area contributed by atoms with E-state index in [1.807, 2.05) is 0 Å². The fourth-order valence-corrected chi connectivity index (χ4v) is 3.54. The summed E-state index contributed by atoms with van der Waals surface area (Å²) in [5.41, 5.74) is -0.342. The van der Waals surface area contributed by atoms with Gasteiger partial charge in [-0.05, 0) is 30.3 Å². The quantitative estimate of drug-likeness (QED) is 0.486. The van der Waals surface area contributed by atoms with E-state index in [0.29, 0.717) is 21.7 Å². The van der Waals surface area contributed by atoms with Crippen molar-refractivity contribution in [3.63, 3.8) is 0 Å². The average molecular weight is 484 g/mol. The van der Waals surface area contributed by atoms with Crippen molar-refractivity contribution in [2.75, 3.05) is 16.4 Å². The normalized spacial score (nSPS) is 11.3. The molecule has 2 N–H and O–H groups in total.